The second kappa shape index (κ2) is 7.64. The lowest BCUT2D eigenvalue weighted by Gasteiger charge is -2.53. The van der Waals surface area contributed by atoms with Crippen molar-refractivity contribution in [2.24, 2.45) is 5.92 Å². The molecule has 0 aliphatic carbocycles. The van der Waals surface area contributed by atoms with E-state index in [0.29, 0.717) is 22.9 Å². The summed E-state index contributed by atoms with van der Waals surface area (Å²) in [5.74, 6) is 1.90. The maximum absolute atomic E-state index is 13.5. The molecule has 0 spiro atoms. The van der Waals surface area contributed by atoms with Crippen LogP contribution in [0.15, 0.2) is 36.7 Å². The van der Waals surface area contributed by atoms with E-state index < -0.39 is 0 Å². The van der Waals surface area contributed by atoms with Gasteiger partial charge in [-0.15, -0.1) is 0 Å². The van der Waals surface area contributed by atoms with Gasteiger partial charge in [0.15, 0.2) is 0 Å². The summed E-state index contributed by atoms with van der Waals surface area (Å²) in [6.45, 7) is 6.39. The van der Waals surface area contributed by atoms with Gasteiger partial charge in [-0.25, -0.2) is 9.97 Å². The van der Waals surface area contributed by atoms with Crippen LogP contribution in [0, 0.1) is 19.8 Å². The summed E-state index contributed by atoms with van der Waals surface area (Å²) in [6, 6.07) is 7.51. The molecule has 9 heteroatoms. The van der Waals surface area contributed by atoms with Gasteiger partial charge in [-0.1, -0.05) is 0 Å². The van der Waals surface area contributed by atoms with Crippen LogP contribution in [0.1, 0.15) is 28.2 Å². The number of likely N-dealkylation sites (tertiary alicyclic amines) is 1. The molecule has 2 aliphatic rings. The van der Waals surface area contributed by atoms with Crippen molar-refractivity contribution in [1.29, 1.82) is 0 Å². The number of fused-ring (bicyclic) bond motifs is 1. The molecule has 0 radical (unpaired) electrons. The van der Waals surface area contributed by atoms with E-state index in [1.165, 1.54) is 4.80 Å². The molecular weight excluding hydrogens is 394 g/mol. The molecule has 4 heterocycles. The quantitative estimate of drug-likeness (QED) is 0.639. The van der Waals surface area contributed by atoms with Crippen molar-refractivity contribution in [2.75, 3.05) is 31.6 Å². The maximum Gasteiger partial charge on any atom is 0.256 e. The molecule has 9 nitrogen and oxygen atoms in total. The number of methoxy groups -OCH3 is 1. The number of aromatic nitrogens is 5. The van der Waals surface area contributed by atoms with Gasteiger partial charge in [-0.2, -0.15) is 15.0 Å². The van der Waals surface area contributed by atoms with E-state index >= 15 is 0 Å². The molecule has 5 rings (SSSR count). The zero-order valence-electron chi connectivity index (χ0n) is 17.9. The number of rotatable bonds is 4. The Hall–Kier alpha value is -3.49. The molecule has 2 aromatic heterocycles. The minimum atomic E-state index is -0.0144. The van der Waals surface area contributed by atoms with Crippen LogP contribution in [0.5, 0.6) is 5.75 Å². The minimum Gasteiger partial charge on any atom is -0.497 e. The topological polar surface area (TPSA) is 89.3 Å². The number of aryl methyl sites for hydroxylation is 2. The van der Waals surface area contributed by atoms with Crippen molar-refractivity contribution in [3.8, 4) is 11.4 Å². The number of hydrogen-bond donors (Lipinski definition) is 0. The number of hydrogen-bond acceptors (Lipinski definition) is 7. The van der Waals surface area contributed by atoms with Crippen molar-refractivity contribution in [1.82, 2.24) is 29.9 Å². The monoisotopic (exact) mass is 419 g/mol. The Morgan fingerprint density at radius 2 is 1.81 bits per heavy atom. The lowest BCUT2D eigenvalue weighted by molar-refractivity contribution is 0.00765. The van der Waals surface area contributed by atoms with Gasteiger partial charge < -0.3 is 14.5 Å². The third-order valence-electron chi connectivity index (χ3n) is 6.14. The number of benzene rings is 1. The Bertz CT molecular complexity index is 1090. The van der Waals surface area contributed by atoms with Crippen molar-refractivity contribution >= 4 is 11.9 Å². The molecule has 0 N–H and O–H groups in total. The van der Waals surface area contributed by atoms with Crippen LogP contribution < -0.4 is 9.64 Å². The Kier molecular flexibility index (Phi) is 4.80. The smallest absolute Gasteiger partial charge is 0.256 e. The van der Waals surface area contributed by atoms with Crippen LogP contribution in [0.3, 0.4) is 0 Å². The number of ether oxygens (including phenoxy) is 1. The normalized spacial score (nSPS) is 20.2. The molecule has 2 aliphatic heterocycles. The van der Waals surface area contributed by atoms with E-state index in [4.69, 9.17) is 4.74 Å². The summed E-state index contributed by atoms with van der Waals surface area (Å²) in [6.07, 6.45) is 4.22. The Morgan fingerprint density at radius 1 is 1.06 bits per heavy atom. The van der Waals surface area contributed by atoms with Crippen molar-refractivity contribution in [3.05, 3.63) is 53.6 Å². The molecule has 1 aromatic carbocycles. The van der Waals surface area contributed by atoms with E-state index in [9.17, 15) is 4.79 Å². The molecule has 2 fully saturated rings. The highest BCUT2D eigenvalue weighted by molar-refractivity contribution is 5.98. The summed E-state index contributed by atoms with van der Waals surface area (Å²) in [4.78, 5) is 28.4. The Labute approximate surface area is 180 Å². The molecule has 31 heavy (non-hydrogen) atoms. The van der Waals surface area contributed by atoms with Crippen LogP contribution >= 0.6 is 0 Å². The highest BCUT2D eigenvalue weighted by Gasteiger charge is 2.46. The maximum atomic E-state index is 13.5. The number of amides is 1. The van der Waals surface area contributed by atoms with E-state index in [2.05, 4.69) is 25.1 Å². The van der Waals surface area contributed by atoms with E-state index in [-0.39, 0.29) is 11.9 Å². The molecule has 2 unspecified atom stereocenters. The molecule has 3 aromatic rings. The van der Waals surface area contributed by atoms with E-state index in [0.717, 1.165) is 43.4 Å². The highest BCUT2D eigenvalue weighted by Crippen LogP contribution is 2.35. The summed E-state index contributed by atoms with van der Waals surface area (Å²) >= 11 is 0. The summed E-state index contributed by atoms with van der Waals surface area (Å²) in [5, 5.41) is 8.42. The third kappa shape index (κ3) is 3.49. The van der Waals surface area contributed by atoms with Crippen molar-refractivity contribution < 1.29 is 9.53 Å². The van der Waals surface area contributed by atoms with E-state index in [1.54, 1.807) is 37.7 Å². The fourth-order valence-corrected chi connectivity index (χ4v) is 4.54. The summed E-state index contributed by atoms with van der Waals surface area (Å²) in [5.41, 5.74) is 3.10. The second-order valence-corrected chi connectivity index (χ2v) is 8.17. The van der Waals surface area contributed by atoms with Crippen LogP contribution in [-0.2, 0) is 0 Å². The third-order valence-corrected chi connectivity index (χ3v) is 6.14. The lowest BCUT2D eigenvalue weighted by atomic mass is 9.81. The van der Waals surface area contributed by atoms with Gasteiger partial charge in [-0.05, 0) is 38.5 Å². The molecule has 0 bridgehead atoms. The zero-order valence-corrected chi connectivity index (χ0v) is 17.9. The first-order chi connectivity index (χ1) is 15.0. The van der Waals surface area contributed by atoms with Crippen molar-refractivity contribution in [2.45, 2.75) is 26.3 Å². The Morgan fingerprint density at radius 3 is 2.52 bits per heavy atom. The van der Waals surface area contributed by atoms with Gasteiger partial charge in [0.05, 0.1) is 31.1 Å². The molecule has 160 valence electrons. The van der Waals surface area contributed by atoms with Crippen LogP contribution in [0.4, 0.5) is 5.95 Å². The van der Waals surface area contributed by atoms with Crippen LogP contribution in [0.25, 0.3) is 5.69 Å². The fraction of sp³-hybridized carbons (Fsp3) is 0.409. The number of anilines is 1. The second-order valence-electron chi connectivity index (χ2n) is 8.17. The highest BCUT2D eigenvalue weighted by atomic mass is 16.5. The molecule has 0 saturated carbocycles. The predicted octanol–water partition coefficient (Wildman–Crippen LogP) is 2.03. The molecular formula is C22H25N7O2. The lowest BCUT2D eigenvalue weighted by Crippen LogP contribution is -2.66. The zero-order chi connectivity index (χ0) is 21.5. The van der Waals surface area contributed by atoms with Gasteiger partial charge in [0, 0.05) is 43.0 Å². The first-order valence-corrected chi connectivity index (χ1v) is 10.5. The van der Waals surface area contributed by atoms with Gasteiger partial charge in [0.2, 0.25) is 5.95 Å². The standard InChI is InChI=1S/C22H25N7O2/c1-14-10-15(2)26-22(25-14)27-9-6-16-12-28(20(16)13-27)21(30)18-5-4-17(31-3)11-19(18)29-23-7-8-24-29/h4-5,7-8,10-11,16,20H,6,9,12-13H2,1-3H3. The SMILES string of the molecule is COc1ccc(C(=O)N2CC3CCN(c4nc(C)cc(C)n4)CC32)c(-n2nccn2)c1. The van der Waals surface area contributed by atoms with Crippen LogP contribution in [0.2, 0.25) is 0 Å². The Balaban J connectivity index is 1.40. The summed E-state index contributed by atoms with van der Waals surface area (Å²) in [7, 11) is 1.60. The van der Waals surface area contributed by atoms with Crippen LogP contribution in [-0.4, -0.2) is 68.6 Å². The average molecular weight is 419 g/mol. The molecule has 2 saturated heterocycles. The number of carbonyl (C=O) groups is 1. The van der Waals surface area contributed by atoms with Crippen molar-refractivity contribution in [3.63, 3.8) is 0 Å². The molecule has 2 atom stereocenters. The summed E-state index contributed by atoms with van der Waals surface area (Å²) < 4.78 is 5.34. The van der Waals surface area contributed by atoms with Gasteiger partial charge >= 0.3 is 0 Å². The first kappa shape index (κ1) is 19.5. The predicted molar refractivity (Wildman–Crippen MR) is 115 cm³/mol. The van der Waals surface area contributed by atoms with Gasteiger partial charge in [0.1, 0.15) is 11.4 Å². The number of carbonyl (C=O) groups excluding carboxylic acids is 1. The first-order valence-electron chi connectivity index (χ1n) is 10.5. The van der Waals surface area contributed by atoms with Gasteiger partial charge in [-0.3, -0.25) is 4.79 Å². The van der Waals surface area contributed by atoms with Gasteiger partial charge in [0.25, 0.3) is 5.91 Å². The average Bonchev–Trinajstić information content (AvgIpc) is 3.28. The molecule has 1 amide bonds. The number of nitrogens with zero attached hydrogens (tertiary/aromatic N) is 7. The minimum absolute atomic E-state index is 0.0144. The largest absolute Gasteiger partial charge is 0.497 e. The van der Waals surface area contributed by atoms with E-state index in [1.807, 2.05) is 24.8 Å². The number of piperidine rings is 1. The fourth-order valence-electron chi connectivity index (χ4n) is 4.54.